The number of imidazole rings is 1. The van der Waals surface area contributed by atoms with Crippen LogP contribution in [-0.4, -0.2) is 27.2 Å². The molecule has 0 aliphatic rings. The van der Waals surface area contributed by atoms with Gasteiger partial charge in [0.15, 0.2) is 0 Å². The molecule has 0 atom stereocenters. The molecule has 0 saturated carbocycles. The van der Waals surface area contributed by atoms with Crippen molar-refractivity contribution in [2.24, 2.45) is 5.10 Å². The zero-order chi connectivity index (χ0) is 19.5. The van der Waals surface area contributed by atoms with Crippen LogP contribution in [0.4, 0.5) is 0 Å². The summed E-state index contributed by atoms with van der Waals surface area (Å²) < 4.78 is 0. The first kappa shape index (κ1) is 17.8. The minimum atomic E-state index is -0.354. The predicted molar refractivity (Wildman–Crippen MR) is 110 cm³/mol. The van der Waals surface area contributed by atoms with Gasteiger partial charge >= 0.3 is 0 Å². The highest BCUT2D eigenvalue weighted by Gasteiger charge is 2.11. The highest BCUT2D eigenvalue weighted by atomic mass is 35.5. The van der Waals surface area contributed by atoms with Crippen molar-refractivity contribution in [3.8, 4) is 17.1 Å². The van der Waals surface area contributed by atoms with Crippen molar-refractivity contribution in [2.75, 3.05) is 0 Å². The van der Waals surface area contributed by atoms with E-state index in [0.717, 1.165) is 16.6 Å². The van der Waals surface area contributed by atoms with Crippen LogP contribution in [0.3, 0.4) is 0 Å². The summed E-state index contributed by atoms with van der Waals surface area (Å²) in [5.41, 5.74) is 5.83. The summed E-state index contributed by atoms with van der Waals surface area (Å²) in [6.45, 7) is 0. The summed E-state index contributed by atoms with van der Waals surface area (Å²) in [6, 6.07) is 19.1. The summed E-state index contributed by atoms with van der Waals surface area (Å²) in [7, 11) is 0. The SMILES string of the molecule is O=C(N/N=C/c1cccc(O)c1)c1ccc2nc(-c3ccccc3Cl)[nH]c2c1. The van der Waals surface area contributed by atoms with Crippen molar-refractivity contribution in [3.63, 3.8) is 0 Å². The van der Waals surface area contributed by atoms with E-state index in [1.165, 1.54) is 6.21 Å². The zero-order valence-corrected chi connectivity index (χ0v) is 15.3. The molecule has 1 heterocycles. The van der Waals surface area contributed by atoms with Gasteiger partial charge in [-0.2, -0.15) is 5.10 Å². The lowest BCUT2D eigenvalue weighted by Gasteiger charge is -2.00. The number of fused-ring (bicyclic) bond motifs is 1. The quantitative estimate of drug-likeness (QED) is 0.357. The Bertz CT molecular complexity index is 1200. The molecule has 0 spiro atoms. The molecule has 0 aliphatic heterocycles. The third kappa shape index (κ3) is 3.72. The van der Waals surface area contributed by atoms with E-state index in [0.29, 0.717) is 22.0 Å². The number of phenols is 1. The Morgan fingerprint density at radius 1 is 1.11 bits per heavy atom. The lowest BCUT2D eigenvalue weighted by Crippen LogP contribution is -2.17. The molecule has 4 aromatic rings. The Balaban J connectivity index is 1.54. The first-order valence-electron chi connectivity index (χ1n) is 8.47. The summed E-state index contributed by atoms with van der Waals surface area (Å²) in [5, 5.41) is 14.0. The standard InChI is InChI=1S/C21H15ClN4O2/c22-17-7-2-1-6-16(17)20-24-18-9-8-14(11-19(18)25-20)21(28)26-23-12-13-4-3-5-15(27)10-13/h1-12,27H,(H,24,25)(H,26,28)/b23-12+. The number of aromatic nitrogens is 2. The van der Waals surface area contributed by atoms with Gasteiger partial charge in [-0.25, -0.2) is 10.4 Å². The molecule has 138 valence electrons. The third-order valence-corrected chi connectivity index (χ3v) is 4.45. The van der Waals surface area contributed by atoms with Crippen LogP contribution in [0.5, 0.6) is 5.75 Å². The van der Waals surface area contributed by atoms with E-state index in [-0.39, 0.29) is 11.7 Å². The molecule has 4 rings (SSSR count). The maximum Gasteiger partial charge on any atom is 0.271 e. The topological polar surface area (TPSA) is 90.4 Å². The number of nitrogens with zero attached hydrogens (tertiary/aromatic N) is 2. The van der Waals surface area contributed by atoms with Crippen LogP contribution in [0.2, 0.25) is 5.02 Å². The number of hydrazone groups is 1. The fourth-order valence-electron chi connectivity index (χ4n) is 2.77. The van der Waals surface area contributed by atoms with Crippen LogP contribution < -0.4 is 5.43 Å². The minimum absolute atomic E-state index is 0.134. The molecular formula is C21H15ClN4O2. The highest BCUT2D eigenvalue weighted by Crippen LogP contribution is 2.27. The van der Waals surface area contributed by atoms with Gasteiger partial charge in [-0.3, -0.25) is 4.79 Å². The number of phenolic OH excluding ortho intramolecular Hbond substituents is 1. The molecule has 0 fully saturated rings. The average molecular weight is 391 g/mol. The monoisotopic (exact) mass is 390 g/mol. The first-order valence-corrected chi connectivity index (χ1v) is 8.85. The second kappa shape index (κ2) is 7.54. The number of halogens is 1. The number of carbonyl (C=O) groups excluding carboxylic acids is 1. The fourth-order valence-corrected chi connectivity index (χ4v) is 2.99. The van der Waals surface area contributed by atoms with Crippen molar-refractivity contribution in [3.05, 3.63) is 82.9 Å². The van der Waals surface area contributed by atoms with Gasteiger partial charge in [-0.05, 0) is 48.0 Å². The van der Waals surface area contributed by atoms with Crippen molar-refractivity contribution in [2.45, 2.75) is 0 Å². The average Bonchev–Trinajstić information content (AvgIpc) is 3.11. The smallest absolute Gasteiger partial charge is 0.271 e. The molecule has 3 N–H and O–H groups in total. The van der Waals surface area contributed by atoms with Crippen LogP contribution in [0, 0.1) is 0 Å². The second-order valence-electron chi connectivity index (χ2n) is 6.09. The van der Waals surface area contributed by atoms with Gasteiger partial charge in [0.05, 0.1) is 22.3 Å². The first-order chi connectivity index (χ1) is 13.6. The van der Waals surface area contributed by atoms with E-state index in [1.807, 2.05) is 18.2 Å². The van der Waals surface area contributed by atoms with Crippen molar-refractivity contribution in [1.82, 2.24) is 15.4 Å². The van der Waals surface area contributed by atoms with Crippen LogP contribution in [0.1, 0.15) is 15.9 Å². The zero-order valence-electron chi connectivity index (χ0n) is 14.6. The van der Waals surface area contributed by atoms with Gasteiger partial charge in [0.2, 0.25) is 0 Å². The predicted octanol–water partition coefficient (Wildman–Crippen LogP) is 4.35. The Morgan fingerprint density at radius 3 is 2.79 bits per heavy atom. The van der Waals surface area contributed by atoms with E-state index in [2.05, 4.69) is 20.5 Å². The summed E-state index contributed by atoms with van der Waals surface area (Å²) in [4.78, 5) is 20.1. The Morgan fingerprint density at radius 2 is 1.96 bits per heavy atom. The molecule has 3 aromatic carbocycles. The fraction of sp³-hybridized carbons (Fsp3) is 0. The third-order valence-electron chi connectivity index (χ3n) is 4.12. The van der Waals surface area contributed by atoms with Crippen molar-refractivity contribution >= 4 is 34.8 Å². The summed E-state index contributed by atoms with van der Waals surface area (Å²) in [6.07, 6.45) is 1.46. The summed E-state index contributed by atoms with van der Waals surface area (Å²) in [5.74, 6) is 0.418. The molecule has 0 bridgehead atoms. The number of carbonyl (C=O) groups is 1. The van der Waals surface area contributed by atoms with Gasteiger partial charge in [0.25, 0.3) is 5.91 Å². The molecule has 7 heteroatoms. The maximum atomic E-state index is 12.3. The number of hydrogen-bond donors (Lipinski definition) is 3. The van der Waals surface area contributed by atoms with Crippen molar-refractivity contribution in [1.29, 1.82) is 0 Å². The molecular weight excluding hydrogens is 376 g/mol. The van der Waals surface area contributed by atoms with Gasteiger partial charge in [0.1, 0.15) is 11.6 Å². The number of aromatic amines is 1. The number of hydrogen-bond acceptors (Lipinski definition) is 4. The normalized spacial score (nSPS) is 11.2. The van der Waals surface area contributed by atoms with E-state index in [4.69, 9.17) is 11.6 Å². The number of nitrogens with one attached hydrogen (secondary N) is 2. The van der Waals surface area contributed by atoms with Gasteiger partial charge in [-0.15, -0.1) is 0 Å². The van der Waals surface area contributed by atoms with E-state index in [9.17, 15) is 9.90 Å². The summed E-state index contributed by atoms with van der Waals surface area (Å²) >= 11 is 6.23. The molecule has 28 heavy (non-hydrogen) atoms. The molecule has 0 saturated heterocycles. The highest BCUT2D eigenvalue weighted by molar-refractivity contribution is 6.33. The van der Waals surface area contributed by atoms with Gasteiger partial charge in [-0.1, -0.05) is 35.9 Å². The van der Waals surface area contributed by atoms with E-state index < -0.39 is 0 Å². The molecule has 1 aromatic heterocycles. The Labute approximate surface area is 165 Å². The van der Waals surface area contributed by atoms with E-state index >= 15 is 0 Å². The largest absolute Gasteiger partial charge is 0.508 e. The minimum Gasteiger partial charge on any atom is -0.508 e. The molecule has 1 amide bonds. The Hall–Kier alpha value is -3.64. The lowest BCUT2D eigenvalue weighted by atomic mass is 10.2. The van der Waals surface area contributed by atoms with Crippen molar-refractivity contribution < 1.29 is 9.90 Å². The molecule has 0 radical (unpaired) electrons. The Kier molecular flexibility index (Phi) is 4.78. The number of rotatable bonds is 4. The number of H-pyrrole nitrogens is 1. The van der Waals surface area contributed by atoms with Gasteiger partial charge < -0.3 is 10.1 Å². The van der Waals surface area contributed by atoms with Crippen LogP contribution in [0.15, 0.2) is 71.8 Å². The number of amides is 1. The van der Waals surface area contributed by atoms with Crippen LogP contribution in [0.25, 0.3) is 22.4 Å². The van der Waals surface area contributed by atoms with Crippen LogP contribution in [-0.2, 0) is 0 Å². The second-order valence-corrected chi connectivity index (χ2v) is 6.50. The molecule has 0 aliphatic carbocycles. The molecule has 6 nitrogen and oxygen atoms in total. The number of aromatic hydroxyl groups is 1. The van der Waals surface area contributed by atoms with Gasteiger partial charge in [0, 0.05) is 11.1 Å². The maximum absolute atomic E-state index is 12.3. The molecule has 0 unspecified atom stereocenters. The van der Waals surface area contributed by atoms with E-state index in [1.54, 1.807) is 48.5 Å². The lowest BCUT2D eigenvalue weighted by molar-refractivity contribution is 0.0955. The van der Waals surface area contributed by atoms with Crippen LogP contribution >= 0.6 is 11.6 Å². The number of benzene rings is 3.